The summed E-state index contributed by atoms with van der Waals surface area (Å²) in [4.78, 5) is 23.3. The van der Waals surface area contributed by atoms with Gasteiger partial charge in [0, 0.05) is 12.0 Å². The standard InChI is InChI=1S/C14H13ClO5/c1-8-3-2-4-10(5-8)13(19)6-9(11(16)17)7-14(15,20)12(13)18/h2-5,7,19-20H,6H2,1H3,(H,16,17). The normalized spacial score (nSPS) is 30.0. The molecule has 1 aliphatic rings. The number of ketones is 1. The van der Waals surface area contributed by atoms with Gasteiger partial charge in [-0.25, -0.2) is 4.79 Å². The van der Waals surface area contributed by atoms with Crippen molar-refractivity contribution >= 4 is 23.4 Å². The molecule has 5 nitrogen and oxygen atoms in total. The number of rotatable bonds is 2. The van der Waals surface area contributed by atoms with E-state index in [0.29, 0.717) is 0 Å². The van der Waals surface area contributed by atoms with Gasteiger partial charge in [0.1, 0.15) is 0 Å². The Morgan fingerprint density at radius 3 is 2.55 bits per heavy atom. The summed E-state index contributed by atoms with van der Waals surface area (Å²) in [5, 5.41) is 26.9. The number of aliphatic carboxylic acids is 1. The predicted molar refractivity (Wildman–Crippen MR) is 71.2 cm³/mol. The number of halogens is 1. The first-order valence-electron chi connectivity index (χ1n) is 5.87. The van der Waals surface area contributed by atoms with E-state index < -0.39 is 28.8 Å². The van der Waals surface area contributed by atoms with Crippen LogP contribution < -0.4 is 0 Å². The van der Waals surface area contributed by atoms with Crippen molar-refractivity contribution in [1.82, 2.24) is 0 Å². The smallest absolute Gasteiger partial charge is 0.331 e. The molecule has 20 heavy (non-hydrogen) atoms. The highest BCUT2D eigenvalue weighted by Crippen LogP contribution is 2.40. The summed E-state index contributed by atoms with van der Waals surface area (Å²) in [5.41, 5.74) is -1.49. The Balaban J connectivity index is 2.59. The molecule has 0 radical (unpaired) electrons. The van der Waals surface area contributed by atoms with Crippen molar-refractivity contribution in [2.24, 2.45) is 0 Å². The van der Waals surface area contributed by atoms with Crippen molar-refractivity contribution in [2.45, 2.75) is 24.0 Å². The van der Waals surface area contributed by atoms with Gasteiger partial charge < -0.3 is 15.3 Å². The minimum atomic E-state index is -2.54. The molecule has 1 aliphatic carbocycles. The van der Waals surface area contributed by atoms with Crippen LogP contribution in [0.25, 0.3) is 0 Å². The summed E-state index contributed by atoms with van der Waals surface area (Å²) in [6.07, 6.45) is 0.309. The number of carboxylic acid groups (broad SMARTS) is 1. The fourth-order valence-corrected chi connectivity index (χ4v) is 2.55. The zero-order valence-corrected chi connectivity index (χ0v) is 11.4. The number of aliphatic hydroxyl groups is 2. The fraction of sp³-hybridized carbons (Fsp3) is 0.286. The van der Waals surface area contributed by atoms with Gasteiger partial charge in [-0.3, -0.25) is 4.79 Å². The summed E-state index contributed by atoms with van der Waals surface area (Å²) in [6.45, 7) is 1.76. The molecule has 0 saturated carbocycles. The quantitative estimate of drug-likeness (QED) is 0.710. The molecule has 106 valence electrons. The monoisotopic (exact) mass is 296 g/mol. The van der Waals surface area contributed by atoms with Gasteiger partial charge in [0.05, 0.1) is 0 Å². The molecule has 3 N–H and O–H groups in total. The third kappa shape index (κ3) is 2.35. The summed E-state index contributed by atoms with van der Waals surface area (Å²) in [7, 11) is 0. The van der Waals surface area contributed by atoms with Gasteiger partial charge in [0.2, 0.25) is 10.8 Å². The number of carboxylic acids is 1. The van der Waals surface area contributed by atoms with Crippen LogP contribution in [0.15, 0.2) is 35.9 Å². The van der Waals surface area contributed by atoms with Gasteiger partial charge in [-0.05, 0) is 18.6 Å². The lowest BCUT2D eigenvalue weighted by atomic mass is 9.76. The summed E-state index contributed by atoms with van der Waals surface area (Å²) in [5.74, 6) is -2.40. The fourth-order valence-electron chi connectivity index (χ4n) is 2.27. The maximum absolute atomic E-state index is 12.2. The summed E-state index contributed by atoms with van der Waals surface area (Å²) >= 11 is 5.64. The highest BCUT2D eigenvalue weighted by molar-refractivity contribution is 6.37. The highest BCUT2D eigenvalue weighted by atomic mass is 35.5. The first kappa shape index (κ1) is 14.7. The molecule has 0 aromatic heterocycles. The van der Waals surface area contributed by atoms with Crippen LogP contribution in [0, 0.1) is 6.92 Å². The first-order valence-corrected chi connectivity index (χ1v) is 6.25. The molecule has 0 saturated heterocycles. The van der Waals surface area contributed by atoms with Crippen LogP contribution in [-0.4, -0.2) is 32.1 Å². The topological polar surface area (TPSA) is 94.8 Å². The second-order valence-corrected chi connectivity index (χ2v) is 5.46. The van der Waals surface area contributed by atoms with Crippen LogP contribution >= 0.6 is 11.6 Å². The number of carbonyl (C=O) groups excluding carboxylic acids is 1. The summed E-state index contributed by atoms with van der Waals surface area (Å²) in [6, 6.07) is 6.43. The zero-order chi connectivity index (χ0) is 15.1. The van der Waals surface area contributed by atoms with E-state index in [-0.39, 0.29) is 11.1 Å². The first-order chi connectivity index (χ1) is 9.17. The lowest BCUT2D eigenvalue weighted by Gasteiger charge is -2.35. The predicted octanol–water partition coefficient (Wildman–Crippen LogP) is 1.09. The van der Waals surface area contributed by atoms with Crippen molar-refractivity contribution in [3.8, 4) is 0 Å². The molecule has 1 aromatic rings. The second kappa shape index (κ2) is 4.70. The highest BCUT2D eigenvalue weighted by Gasteiger charge is 2.52. The molecule has 0 bridgehead atoms. The van der Waals surface area contributed by atoms with Crippen LogP contribution in [0.5, 0.6) is 0 Å². The van der Waals surface area contributed by atoms with Crippen LogP contribution in [0.3, 0.4) is 0 Å². The molecule has 0 aliphatic heterocycles. The van der Waals surface area contributed by atoms with Crippen molar-refractivity contribution in [3.05, 3.63) is 47.0 Å². The molecule has 6 heteroatoms. The average molecular weight is 297 g/mol. The maximum atomic E-state index is 12.2. The Hall–Kier alpha value is -1.69. The van der Waals surface area contributed by atoms with Crippen LogP contribution in [0.1, 0.15) is 17.5 Å². The Labute approximate surface area is 120 Å². The van der Waals surface area contributed by atoms with Gasteiger partial charge in [0.15, 0.2) is 5.60 Å². The lowest BCUT2D eigenvalue weighted by Crippen LogP contribution is -2.51. The van der Waals surface area contributed by atoms with E-state index in [2.05, 4.69) is 0 Å². The van der Waals surface area contributed by atoms with Crippen molar-refractivity contribution in [3.63, 3.8) is 0 Å². The molecule has 1 aromatic carbocycles. The van der Waals surface area contributed by atoms with Gasteiger partial charge >= 0.3 is 5.97 Å². The van der Waals surface area contributed by atoms with E-state index >= 15 is 0 Å². The van der Waals surface area contributed by atoms with Crippen molar-refractivity contribution in [1.29, 1.82) is 0 Å². The lowest BCUT2D eigenvalue weighted by molar-refractivity contribution is -0.150. The number of benzene rings is 1. The Bertz CT molecular complexity index is 620. The minimum Gasteiger partial charge on any atom is -0.478 e. The maximum Gasteiger partial charge on any atom is 0.331 e. The van der Waals surface area contributed by atoms with E-state index in [1.165, 1.54) is 6.07 Å². The molecule has 0 heterocycles. The number of aryl methyl sites for hydroxylation is 1. The number of hydrogen-bond donors (Lipinski definition) is 3. The minimum absolute atomic E-state index is 0.202. The largest absolute Gasteiger partial charge is 0.478 e. The molecule has 2 rings (SSSR count). The van der Waals surface area contributed by atoms with Gasteiger partial charge in [-0.1, -0.05) is 41.4 Å². The molecule has 0 fully saturated rings. The molecule has 2 atom stereocenters. The van der Waals surface area contributed by atoms with E-state index in [1.54, 1.807) is 25.1 Å². The third-order valence-electron chi connectivity index (χ3n) is 3.28. The number of alkyl halides is 1. The number of carbonyl (C=O) groups is 2. The van der Waals surface area contributed by atoms with Crippen LogP contribution in [0.4, 0.5) is 0 Å². The van der Waals surface area contributed by atoms with E-state index in [0.717, 1.165) is 11.6 Å². The molecule has 2 unspecified atom stereocenters. The van der Waals surface area contributed by atoms with Crippen molar-refractivity contribution in [2.75, 3.05) is 0 Å². The zero-order valence-electron chi connectivity index (χ0n) is 10.6. The number of Topliss-reactive ketones (excluding diaryl/α,β-unsaturated/α-hetero) is 1. The molecular weight excluding hydrogens is 284 g/mol. The average Bonchev–Trinajstić information content (AvgIpc) is 2.35. The van der Waals surface area contributed by atoms with Gasteiger partial charge in [-0.2, -0.15) is 0 Å². The molecule has 0 amide bonds. The van der Waals surface area contributed by atoms with Gasteiger partial charge in [0.25, 0.3) is 0 Å². The van der Waals surface area contributed by atoms with Crippen LogP contribution in [-0.2, 0) is 15.2 Å². The van der Waals surface area contributed by atoms with Gasteiger partial charge in [-0.15, -0.1) is 0 Å². The van der Waals surface area contributed by atoms with Crippen LogP contribution in [0.2, 0.25) is 0 Å². The Morgan fingerprint density at radius 2 is 2.00 bits per heavy atom. The SMILES string of the molecule is Cc1cccc(C2(O)CC(C(=O)O)=CC(O)(Cl)C2=O)c1. The molecule has 0 spiro atoms. The Kier molecular flexibility index (Phi) is 3.46. The van der Waals surface area contributed by atoms with E-state index in [9.17, 15) is 19.8 Å². The molecular formula is C14H13ClO5. The third-order valence-corrected chi connectivity index (χ3v) is 3.56. The van der Waals surface area contributed by atoms with E-state index in [4.69, 9.17) is 16.7 Å². The Morgan fingerprint density at radius 1 is 1.35 bits per heavy atom. The van der Waals surface area contributed by atoms with Crippen molar-refractivity contribution < 1.29 is 24.9 Å². The van der Waals surface area contributed by atoms with E-state index in [1.807, 2.05) is 0 Å². The second-order valence-electron chi connectivity index (χ2n) is 4.88. The summed E-state index contributed by atoms with van der Waals surface area (Å²) < 4.78 is 0. The number of hydrogen-bond acceptors (Lipinski definition) is 4.